The molecular weight excluding hydrogens is 240 g/mol. The predicted molar refractivity (Wildman–Crippen MR) is 71.8 cm³/mol. The van der Waals surface area contributed by atoms with Gasteiger partial charge in [0, 0.05) is 2.74 Å². The maximum atomic E-state index is 12.4. The Labute approximate surface area is 117 Å². The molecule has 96 valence electrons. The first-order chi connectivity index (χ1) is 10.9. The minimum absolute atomic E-state index is 0.0549. The first-order valence-electron chi connectivity index (χ1n) is 7.82. The van der Waals surface area contributed by atoms with Crippen LogP contribution in [-0.2, 0) is 0 Å². The highest BCUT2D eigenvalue weighted by Crippen LogP contribution is 2.34. The summed E-state index contributed by atoms with van der Waals surface area (Å²) in [6, 6.07) is 9.08. The van der Waals surface area contributed by atoms with Gasteiger partial charge in [-0.05, 0) is 29.8 Å². The number of methoxy groups -OCH3 is 1. The van der Waals surface area contributed by atoms with Gasteiger partial charge in [-0.2, -0.15) is 0 Å². The Kier molecular flexibility index (Phi) is 2.01. The second-order valence-electron chi connectivity index (χ2n) is 4.08. The molecule has 3 rings (SSSR count). The SMILES string of the molecule is [2H]c1cc(C2Oc3ccccc3C(=O)C2([2H])[2H])cc([2H])c1OC. The molecule has 0 saturated heterocycles. The van der Waals surface area contributed by atoms with Crippen molar-refractivity contribution in [3.63, 3.8) is 0 Å². The van der Waals surface area contributed by atoms with Crippen LogP contribution in [0.25, 0.3) is 0 Å². The topological polar surface area (TPSA) is 35.5 Å². The van der Waals surface area contributed by atoms with Crippen LogP contribution in [-0.4, -0.2) is 12.9 Å². The third-order valence-electron chi connectivity index (χ3n) is 2.89. The van der Waals surface area contributed by atoms with Gasteiger partial charge in [0.2, 0.25) is 0 Å². The van der Waals surface area contributed by atoms with Crippen LogP contribution in [0.5, 0.6) is 11.5 Å². The molecule has 0 radical (unpaired) electrons. The van der Waals surface area contributed by atoms with Crippen LogP contribution in [0, 0.1) is 0 Å². The molecule has 0 spiro atoms. The lowest BCUT2D eigenvalue weighted by Gasteiger charge is -2.25. The van der Waals surface area contributed by atoms with Gasteiger partial charge in [0.05, 0.1) is 21.8 Å². The molecule has 2 aromatic carbocycles. The van der Waals surface area contributed by atoms with E-state index in [1.165, 1.54) is 25.3 Å². The first-order valence-corrected chi connectivity index (χ1v) is 5.82. The Morgan fingerprint density at radius 3 is 2.79 bits per heavy atom. The summed E-state index contributed by atoms with van der Waals surface area (Å²) in [6.07, 6.45) is -3.51. The second kappa shape index (κ2) is 4.76. The Balaban J connectivity index is 2.12. The zero-order chi connectivity index (χ0) is 16.8. The van der Waals surface area contributed by atoms with Crippen LogP contribution in [0.1, 0.15) is 33.9 Å². The third kappa shape index (κ3) is 2.19. The quantitative estimate of drug-likeness (QED) is 0.828. The molecule has 0 saturated carbocycles. The summed E-state index contributed by atoms with van der Waals surface area (Å²) in [5.74, 6) is -0.276. The van der Waals surface area contributed by atoms with Gasteiger partial charge in [-0.3, -0.25) is 4.79 Å². The summed E-state index contributed by atoms with van der Waals surface area (Å²) in [4.78, 5) is 12.4. The number of ether oxygens (including phenoxy) is 2. The van der Waals surface area contributed by atoms with E-state index in [9.17, 15) is 4.79 Å². The summed E-state index contributed by atoms with van der Waals surface area (Å²) in [6.45, 7) is 0. The minimum atomic E-state index is -2.29. The number of hydrogen-bond donors (Lipinski definition) is 0. The Morgan fingerprint density at radius 1 is 1.32 bits per heavy atom. The number of hydrogen-bond acceptors (Lipinski definition) is 3. The largest absolute Gasteiger partial charge is 0.497 e. The van der Waals surface area contributed by atoms with Crippen LogP contribution in [0.15, 0.2) is 48.5 Å². The Hall–Kier alpha value is -2.29. The lowest BCUT2D eigenvalue weighted by Crippen LogP contribution is -2.20. The molecule has 0 bridgehead atoms. The number of rotatable bonds is 2. The smallest absolute Gasteiger partial charge is 0.170 e. The maximum absolute atomic E-state index is 12.4. The van der Waals surface area contributed by atoms with E-state index in [0.717, 1.165) is 0 Å². The van der Waals surface area contributed by atoms with Crippen LogP contribution in [0.4, 0.5) is 0 Å². The summed E-state index contributed by atoms with van der Waals surface area (Å²) in [5, 5.41) is 0. The van der Waals surface area contributed by atoms with E-state index in [1.807, 2.05) is 0 Å². The summed E-state index contributed by atoms with van der Waals surface area (Å²) in [5.41, 5.74) is 0.452. The lowest BCUT2D eigenvalue weighted by atomic mass is 9.96. The van der Waals surface area contributed by atoms with Crippen molar-refractivity contribution in [1.82, 2.24) is 0 Å². The van der Waals surface area contributed by atoms with Gasteiger partial charge in [0.25, 0.3) is 0 Å². The molecule has 1 unspecified atom stereocenters. The van der Waals surface area contributed by atoms with Gasteiger partial charge in [0.15, 0.2) is 5.78 Å². The van der Waals surface area contributed by atoms with E-state index in [1.54, 1.807) is 18.2 Å². The molecule has 0 fully saturated rings. The summed E-state index contributed by atoms with van der Waals surface area (Å²) < 4.78 is 42.7. The fourth-order valence-corrected chi connectivity index (χ4v) is 1.91. The van der Waals surface area contributed by atoms with E-state index in [4.69, 9.17) is 15.0 Å². The van der Waals surface area contributed by atoms with Crippen LogP contribution in [0.2, 0.25) is 0 Å². The maximum Gasteiger partial charge on any atom is 0.170 e. The van der Waals surface area contributed by atoms with Crippen LogP contribution < -0.4 is 9.47 Å². The number of carbonyl (C=O) groups excluding carboxylic acids is 1. The van der Waals surface area contributed by atoms with Crippen LogP contribution in [0.3, 0.4) is 0 Å². The molecule has 1 heterocycles. The molecule has 0 aliphatic carbocycles. The van der Waals surface area contributed by atoms with Gasteiger partial charge >= 0.3 is 0 Å². The minimum Gasteiger partial charge on any atom is -0.497 e. The molecule has 1 aliphatic rings. The molecule has 0 N–H and O–H groups in total. The molecule has 19 heavy (non-hydrogen) atoms. The van der Waals surface area contributed by atoms with Gasteiger partial charge < -0.3 is 9.47 Å². The number of Topliss-reactive ketones (excluding diaryl/α,β-unsaturated/α-hetero) is 1. The van der Waals surface area contributed by atoms with E-state index < -0.39 is 18.3 Å². The van der Waals surface area contributed by atoms with Gasteiger partial charge in [-0.1, -0.05) is 24.3 Å². The predicted octanol–water partition coefficient (Wildman–Crippen LogP) is 3.40. The number of para-hydroxylation sites is 1. The Bertz CT molecular complexity index is 766. The van der Waals surface area contributed by atoms with Crippen molar-refractivity contribution in [2.45, 2.75) is 12.5 Å². The highest BCUT2D eigenvalue weighted by molar-refractivity contribution is 5.99. The van der Waals surface area contributed by atoms with E-state index in [-0.39, 0.29) is 29.0 Å². The number of carbonyl (C=O) groups is 1. The van der Waals surface area contributed by atoms with E-state index in [0.29, 0.717) is 5.75 Å². The van der Waals surface area contributed by atoms with Gasteiger partial charge in [0.1, 0.15) is 17.6 Å². The van der Waals surface area contributed by atoms with Crippen molar-refractivity contribution in [3.8, 4) is 11.5 Å². The molecule has 1 atom stereocenters. The molecular formula is C16H14O3. The van der Waals surface area contributed by atoms with Gasteiger partial charge in [-0.15, -0.1) is 0 Å². The van der Waals surface area contributed by atoms with Crippen molar-refractivity contribution >= 4 is 5.78 Å². The molecule has 3 nitrogen and oxygen atoms in total. The first kappa shape index (κ1) is 8.00. The standard InChI is InChI=1S/C16H14O3/c1-18-12-8-6-11(7-9-12)16-10-14(17)13-4-2-3-5-15(13)19-16/h2-9,16H,10H2,1H3/i8D,9D,10D2. The zero-order valence-corrected chi connectivity index (χ0v) is 10.3. The zero-order valence-electron chi connectivity index (χ0n) is 14.3. The highest BCUT2D eigenvalue weighted by atomic mass is 16.5. The molecule has 0 amide bonds. The van der Waals surface area contributed by atoms with Crippen LogP contribution >= 0.6 is 0 Å². The second-order valence-corrected chi connectivity index (χ2v) is 4.08. The van der Waals surface area contributed by atoms with E-state index >= 15 is 0 Å². The normalized spacial score (nSPS) is 23.2. The fourth-order valence-electron chi connectivity index (χ4n) is 1.91. The number of benzene rings is 2. The summed E-state index contributed by atoms with van der Waals surface area (Å²) >= 11 is 0. The monoisotopic (exact) mass is 258 g/mol. The fraction of sp³-hybridized carbons (Fsp3) is 0.188. The average Bonchev–Trinajstić information content (AvgIpc) is 2.50. The Morgan fingerprint density at radius 2 is 2.05 bits per heavy atom. The average molecular weight is 258 g/mol. The molecule has 0 aromatic heterocycles. The number of ketones is 1. The van der Waals surface area contributed by atoms with Crippen molar-refractivity contribution in [2.75, 3.05) is 7.11 Å². The molecule has 2 aromatic rings. The number of fused-ring (bicyclic) bond motifs is 1. The van der Waals surface area contributed by atoms with Crippen molar-refractivity contribution in [3.05, 3.63) is 59.6 Å². The van der Waals surface area contributed by atoms with Crippen molar-refractivity contribution in [2.24, 2.45) is 0 Å². The molecule has 3 heteroatoms. The van der Waals surface area contributed by atoms with Crippen molar-refractivity contribution < 1.29 is 19.8 Å². The van der Waals surface area contributed by atoms with E-state index in [2.05, 4.69) is 0 Å². The molecule has 1 aliphatic heterocycles. The summed E-state index contributed by atoms with van der Waals surface area (Å²) in [7, 11) is 1.36. The van der Waals surface area contributed by atoms with Gasteiger partial charge in [-0.25, -0.2) is 0 Å². The lowest BCUT2D eigenvalue weighted by molar-refractivity contribution is 0.0850. The van der Waals surface area contributed by atoms with Crippen molar-refractivity contribution in [1.29, 1.82) is 0 Å². The highest BCUT2D eigenvalue weighted by Gasteiger charge is 2.27. The third-order valence-corrected chi connectivity index (χ3v) is 2.89.